The lowest BCUT2D eigenvalue weighted by atomic mass is 9.95. The average molecular weight is 662 g/mol. The number of carbonyl (C=O) groups excluding carboxylic acids is 3. The summed E-state index contributed by atoms with van der Waals surface area (Å²) in [6.07, 6.45) is 5.89. The number of carbonyl (C=O) groups is 3. The first-order valence-corrected chi connectivity index (χ1v) is 15.8. The Morgan fingerprint density at radius 2 is 1.14 bits per heavy atom. The van der Waals surface area contributed by atoms with Gasteiger partial charge in [0.05, 0.1) is 6.61 Å². The van der Waals surface area contributed by atoms with Crippen molar-refractivity contribution in [3.05, 3.63) is 188 Å². The van der Waals surface area contributed by atoms with E-state index in [1.54, 1.807) is 12.1 Å². The average Bonchev–Trinajstić information content (AvgIpc) is 3.16. The Morgan fingerprint density at radius 3 is 1.78 bits per heavy atom. The SMILES string of the molecule is C=CC(=O)OCCc1ccc(N(c2ccccc2)c2ccc(C=C(c3ccccc3)c3ccc(OC(=O)C=C)cc3)c(OC(=O)C=C)c2)cc1. The van der Waals surface area contributed by atoms with Gasteiger partial charge in [-0.25, -0.2) is 14.4 Å². The molecular weight excluding hydrogens is 626 g/mol. The van der Waals surface area contributed by atoms with Crippen LogP contribution in [0.2, 0.25) is 0 Å². The van der Waals surface area contributed by atoms with Crippen molar-refractivity contribution in [2.24, 2.45) is 0 Å². The molecule has 0 heterocycles. The van der Waals surface area contributed by atoms with Gasteiger partial charge in [0.1, 0.15) is 11.5 Å². The second-order valence-corrected chi connectivity index (χ2v) is 10.9. The molecule has 0 bridgehead atoms. The van der Waals surface area contributed by atoms with Crippen LogP contribution in [-0.4, -0.2) is 24.5 Å². The molecule has 0 radical (unpaired) electrons. The zero-order chi connectivity index (χ0) is 35.3. The van der Waals surface area contributed by atoms with Gasteiger partial charge in [-0.05, 0) is 76.9 Å². The van der Waals surface area contributed by atoms with E-state index in [2.05, 4.69) is 24.6 Å². The zero-order valence-electron chi connectivity index (χ0n) is 27.4. The van der Waals surface area contributed by atoms with Crippen LogP contribution in [0, 0.1) is 0 Å². The van der Waals surface area contributed by atoms with Crippen LogP contribution in [0.1, 0.15) is 22.3 Å². The number of esters is 3. The Kier molecular flexibility index (Phi) is 11.7. The molecule has 5 rings (SSSR count). The molecule has 0 aliphatic heterocycles. The van der Waals surface area contributed by atoms with Crippen molar-refractivity contribution >= 4 is 46.6 Å². The Balaban J connectivity index is 1.57. The van der Waals surface area contributed by atoms with Gasteiger partial charge in [-0.2, -0.15) is 0 Å². The van der Waals surface area contributed by atoms with E-state index in [4.69, 9.17) is 14.2 Å². The van der Waals surface area contributed by atoms with Gasteiger partial charge in [-0.3, -0.25) is 0 Å². The van der Waals surface area contributed by atoms with Crippen LogP contribution >= 0.6 is 0 Å². The molecule has 0 amide bonds. The highest BCUT2D eigenvalue weighted by Gasteiger charge is 2.17. The molecule has 0 fully saturated rings. The lowest BCUT2D eigenvalue weighted by Crippen LogP contribution is -2.11. The molecule has 0 unspecified atom stereocenters. The summed E-state index contributed by atoms with van der Waals surface area (Å²) >= 11 is 0. The fourth-order valence-corrected chi connectivity index (χ4v) is 5.15. The summed E-state index contributed by atoms with van der Waals surface area (Å²) in [6, 6.07) is 40.5. The lowest BCUT2D eigenvalue weighted by Gasteiger charge is -2.26. The molecule has 0 aliphatic rings. The van der Waals surface area contributed by atoms with Gasteiger partial charge >= 0.3 is 17.9 Å². The Morgan fingerprint density at radius 1 is 0.580 bits per heavy atom. The molecule has 7 nitrogen and oxygen atoms in total. The summed E-state index contributed by atoms with van der Waals surface area (Å²) in [4.78, 5) is 37.9. The molecule has 248 valence electrons. The number of ether oxygens (including phenoxy) is 3. The number of nitrogens with zero attached hydrogens (tertiary/aromatic N) is 1. The maximum absolute atomic E-state index is 12.7. The maximum atomic E-state index is 12.7. The summed E-state index contributed by atoms with van der Waals surface area (Å²) in [6.45, 7) is 10.7. The van der Waals surface area contributed by atoms with Gasteiger partial charge in [0.15, 0.2) is 0 Å². The molecule has 0 spiro atoms. The first-order valence-electron chi connectivity index (χ1n) is 15.8. The van der Waals surface area contributed by atoms with Crippen LogP contribution in [0.15, 0.2) is 165 Å². The quantitative estimate of drug-likeness (QED) is 0.0508. The third-order valence-electron chi connectivity index (χ3n) is 7.58. The minimum atomic E-state index is -0.598. The van der Waals surface area contributed by atoms with Gasteiger partial charge < -0.3 is 19.1 Å². The van der Waals surface area contributed by atoms with Crippen molar-refractivity contribution in [2.75, 3.05) is 11.5 Å². The molecular formula is C43H35NO6. The Labute approximate surface area is 291 Å². The fraction of sp³-hybridized carbons (Fsp3) is 0.0465. The van der Waals surface area contributed by atoms with E-state index in [-0.39, 0.29) is 6.61 Å². The van der Waals surface area contributed by atoms with Crippen molar-refractivity contribution in [2.45, 2.75) is 6.42 Å². The van der Waals surface area contributed by atoms with Crippen LogP contribution in [0.5, 0.6) is 11.5 Å². The van der Waals surface area contributed by atoms with Crippen LogP contribution in [0.3, 0.4) is 0 Å². The van der Waals surface area contributed by atoms with Gasteiger partial charge in [0.2, 0.25) is 0 Å². The van der Waals surface area contributed by atoms with Crippen molar-refractivity contribution in [3.8, 4) is 11.5 Å². The van der Waals surface area contributed by atoms with Gasteiger partial charge in [-0.1, -0.05) is 92.5 Å². The van der Waals surface area contributed by atoms with E-state index < -0.39 is 17.9 Å². The normalized spacial score (nSPS) is 10.8. The molecule has 0 atom stereocenters. The summed E-state index contributed by atoms with van der Waals surface area (Å²) in [5, 5.41) is 0. The third kappa shape index (κ3) is 8.99. The largest absolute Gasteiger partial charge is 0.462 e. The number of hydrogen-bond acceptors (Lipinski definition) is 7. The number of para-hydroxylation sites is 1. The highest BCUT2D eigenvalue weighted by molar-refractivity contribution is 5.94. The fourth-order valence-electron chi connectivity index (χ4n) is 5.15. The summed E-state index contributed by atoms with van der Waals surface area (Å²) in [5.41, 5.74) is 6.81. The molecule has 0 saturated heterocycles. The standard InChI is InChI=1S/C43H35NO6/c1-4-41(45)48-28-27-31-17-22-36(23-18-31)44(35-15-11-8-12-16-35)37-24-19-34(40(30-37)50-43(47)6-3)29-39(32-13-9-7-10-14-32)33-20-25-38(26-21-33)49-42(46)5-2/h4-26,29-30H,1-3,27-28H2. The van der Waals surface area contributed by atoms with Crippen LogP contribution in [-0.2, 0) is 25.5 Å². The van der Waals surface area contributed by atoms with Gasteiger partial charge in [0, 0.05) is 53.3 Å². The molecule has 50 heavy (non-hydrogen) atoms. The van der Waals surface area contributed by atoms with Gasteiger partial charge in [0.25, 0.3) is 0 Å². The van der Waals surface area contributed by atoms with Crippen LogP contribution in [0.25, 0.3) is 11.6 Å². The Bertz CT molecular complexity index is 2010. The minimum Gasteiger partial charge on any atom is -0.462 e. The van der Waals surface area contributed by atoms with E-state index in [0.29, 0.717) is 23.5 Å². The number of hydrogen-bond donors (Lipinski definition) is 0. The molecule has 0 aromatic heterocycles. The predicted molar refractivity (Wildman–Crippen MR) is 198 cm³/mol. The van der Waals surface area contributed by atoms with Crippen LogP contribution in [0.4, 0.5) is 17.1 Å². The molecule has 5 aromatic rings. The van der Waals surface area contributed by atoms with E-state index in [9.17, 15) is 14.4 Å². The molecule has 0 N–H and O–H groups in total. The number of benzene rings is 5. The van der Waals surface area contributed by atoms with Crippen molar-refractivity contribution in [3.63, 3.8) is 0 Å². The van der Waals surface area contributed by atoms with Crippen molar-refractivity contribution < 1.29 is 28.6 Å². The molecule has 7 heteroatoms. The highest BCUT2D eigenvalue weighted by Crippen LogP contribution is 2.39. The topological polar surface area (TPSA) is 82.1 Å². The van der Waals surface area contributed by atoms with E-state index in [1.165, 1.54) is 0 Å². The Hall–Kier alpha value is -6.73. The molecule has 0 aliphatic carbocycles. The van der Waals surface area contributed by atoms with Crippen molar-refractivity contribution in [1.29, 1.82) is 0 Å². The highest BCUT2D eigenvalue weighted by atomic mass is 16.5. The van der Waals surface area contributed by atoms with Crippen molar-refractivity contribution in [1.82, 2.24) is 0 Å². The molecule has 0 saturated carbocycles. The van der Waals surface area contributed by atoms with E-state index in [1.807, 2.05) is 121 Å². The number of rotatable bonds is 14. The maximum Gasteiger partial charge on any atom is 0.335 e. The summed E-state index contributed by atoms with van der Waals surface area (Å²) in [5.74, 6) is -0.875. The van der Waals surface area contributed by atoms with E-state index in [0.717, 1.165) is 57.6 Å². The third-order valence-corrected chi connectivity index (χ3v) is 7.58. The second-order valence-electron chi connectivity index (χ2n) is 10.9. The lowest BCUT2D eigenvalue weighted by molar-refractivity contribution is -0.137. The zero-order valence-corrected chi connectivity index (χ0v) is 27.4. The first-order chi connectivity index (χ1) is 24.4. The second kappa shape index (κ2) is 16.9. The van der Waals surface area contributed by atoms with Gasteiger partial charge in [-0.15, -0.1) is 0 Å². The van der Waals surface area contributed by atoms with Crippen LogP contribution < -0.4 is 14.4 Å². The minimum absolute atomic E-state index is 0.248. The number of anilines is 3. The summed E-state index contributed by atoms with van der Waals surface area (Å²) in [7, 11) is 0. The first kappa shape index (κ1) is 34.6. The predicted octanol–water partition coefficient (Wildman–Crippen LogP) is 9.20. The molecule has 5 aromatic carbocycles. The smallest absolute Gasteiger partial charge is 0.335 e. The van der Waals surface area contributed by atoms with E-state index >= 15 is 0 Å². The summed E-state index contributed by atoms with van der Waals surface area (Å²) < 4.78 is 16.3. The monoisotopic (exact) mass is 661 g/mol.